The number of hydrogen-bond acceptors (Lipinski definition) is 4. The van der Waals surface area contributed by atoms with Gasteiger partial charge in [0.2, 0.25) is 5.91 Å². The van der Waals surface area contributed by atoms with Crippen molar-refractivity contribution in [3.63, 3.8) is 0 Å². The van der Waals surface area contributed by atoms with Gasteiger partial charge >= 0.3 is 0 Å². The van der Waals surface area contributed by atoms with Crippen LogP contribution in [0.3, 0.4) is 0 Å². The zero-order valence-corrected chi connectivity index (χ0v) is 13.8. The van der Waals surface area contributed by atoms with Gasteiger partial charge in [0.15, 0.2) is 0 Å². The highest BCUT2D eigenvalue weighted by Crippen LogP contribution is 2.27. The summed E-state index contributed by atoms with van der Waals surface area (Å²) in [6.45, 7) is 0.938. The predicted octanol–water partition coefficient (Wildman–Crippen LogP) is 2.92. The number of rotatable bonds is 4. The molecule has 3 rings (SSSR count). The van der Waals surface area contributed by atoms with E-state index in [1.54, 1.807) is 11.0 Å². The van der Waals surface area contributed by atoms with Crippen molar-refractivity contribution in [3.8, 4) is 5.75 Å². The van der Waals surface area contributed by atoms with Crippen LogP contribution in [0, 0.1) is 11.7 Å². The van der Waals surface area contributed by atoms with Crippen molar-refractivity contribution in [1.82, 2.24) is 4.90 Å². The monoisotopic (exact) mass is 346 g/mol. The van der Waals surface area contributed by atoms with Crippen LogP contribution in [-0.2, 0) is 4.79 Å². The summed E-state index contributed by atoms with van der Waals surface area (Å²) in [7, 11) is 1.41. The number of carbonyl (C=O) groups excluding carboxylic acids is 2. The van der Waals surface area contributed by atoms with Crippen molar-refractivity contribution in [2.24, 2.45) is 5.92 Å². The highest BCUT2D eigenvalue weighted by atomic mass is 19.1. The zero-order chi connectivity index (χ0) is 17.8. The van der Waals surface area contributed by atoms with Crippen molar-refractivity contribution < 1.29 is 23.1 Å². The maximum Gasteiger partial charge on any atom is 0.257 e. The molecule has 1 aliphatic heterocycles. The Bertz CT molecular complexity index is 760. The number of anilines is 1. The van der Waals surface area contributed by atoms with Crippen LogP contribution in [0.15, 0.2) is 41.2 Å². The Balaban J connectivity index is 1.67. The maximum atomic E-state index is 13.3. The van der Waals surface area contributed by atoms with Gasteiger partial charge in [-0.15, -0.1) is 0 Å². The smallest absolute Gasteiger partial charge is 0.257 e. The van der Waals surface area contributed by atoms with Crippen molar-refractivity contribution in [3.05, 3.63) is 48.2 Å². The van der Waals surface area contributed by atoms with Gasteiger partial charge in [0.25, 0.3) is 5.91 Å². The van der Waals surface area contributed by atoms with E-state index in [1.165, 1.54) is 37.8 Å². The number of amides is 2. The minimum absolute atomic E-state index is 0.148. The third kappa shape index (κ3) is 3.81. The van der Waals surface area contributed by atoms with Crippen LogP contribution in [0.1, 0.15) is 23.2 Å². The number of nitrogens with one attached hydrogen (secondary N) is 1. The highest BCUT2D eigenvalue weighted by Gasteiger charge is 2.29. The fourth-order valence-corrected chi connectivity index (χ4v) is 2.95. The minimum atomic E-state index is -0.440. The van der Waals surface area contributed by atoms with E-state index in [0.29, 0.717) is 30.8 Å². The number of carbonyl (C=O) groups is 2. The van der Waals surface area contributed by atoms with Gasteiger partial charge in [-0.3, -0.25) is 9.59 Å². The third-order valence-corrected chi connectivity index (χ3v) is 4.27. The molecule has 1 atom stereocenters. The van der Waals surface area contributed by atoms with Crippen LogP contribution in [0.5, 0.6) is 5.75 Å². The molecule has 0 bridgehead atoms. The van der Waals surface area contributed by atoms with Gasteiger partial charge in [0.05, 0.1) is 30.5 Å². The molecule has 2 heterocycles. The van der Waals surface area contributed by atoms with Crippen LogP contribution in [0.25, 0.3) is 0 Å². The van der Waals surface area contributed by atoms with Gasteiger partial charge in [0.1, 0.15) is 17.8 Å². The van der Waals surface area contributed by atoms with E-state index in [9.17, 15) is 14.0 Å². The molecule has 0 radical (unpaired) electrons. The number of halogens is 1. The number of furan rings is 1. The number of nitrogens with zero attached hydrogens (tertiary/aromatic N) is 1. The number of hydrogen-bond donors (Lipinski definition) is 1. The molecular formula is C18H19FN2O4. The molecule has 25 heavy (non-hydrogen) atoms. The molecular weight excluding hydrogens is 327 g/mol. The molecule has 1 aromatic heterocycles. The number of likely N-dealkylation sites (tertiary alicyclic amines) is 1. The summed E-state index contributed by atoms with van der Waals surface area (Å²) in [5, 5.41) is 2.77. The molecule has 0 unspecified atom stereocenters. The zero-order valence-electron chi connectivity index (χ0n) is 13.8. The molecule has 2 amide bonds. The van der Waals surface area contributed by atoms with Crippen LogP contribution >= 0.6 is 0 Å². The highest BCUT2D eigenvalue weighted by molar-refractivity contribution is 5.96. The molecule has 1 aliphatic rings. The minimum Gasteiger partial charge on any atom is -0.494 e. The first-order valence-electron chi connectivity index (χ1n) is 8.04. The van der Waals surface area contributed by atoms with Crippen molar-refractivity contribution in [1.29, 1.82) is 0 Å². The summed E-state index contributed by atoms with van der Waals surface area (Å²) in [6, 6.07) is 5.54. The number of benzene rings is 1. The second kappa shape index (κ2) is 7.38. The molecule has 1 fully saturated rings. The van der Waals surface area contributed by atoms with Gasteiger partial charge in [-0.25, -0.2) is 4.39 Å². The fraction of sp³-hybridized carbons (Fsp3) is 0.333. The number of ether oxygens (including phenoxy) is 1. The van der Waals surface area contributed by atoms with E-state index >= 15 is 0 Å². The van der Waals surface area contributed by atoms with E-state index in [1.807, 2.05) is 0 Å². The normalized spacial score (nSPS) is 17.2. The maximum absolute atomic E-state index is 13.3. The number of methoxy groups -OCH3 is 1. The summed E-state index contributed by atoms with van der Waals surface area (Å²) in [5.41, 5.74) is 0.883. The molecule has 0 saturated carbocycles. The second-order valence-corrected chi connectivity index (χ2v) is 5.94. The Kier molecular flexibility index (Phi) is 5.02. The van der Waals surface area contributed by atoms with Gasteiger partial charge < -0.3 is 19.4 Å². The Morgan fingerprint density at radius 1 is 1.36 bits per heavy atom. The van der Waals surface area contributed by atoms with E-state index in [2.05, 4.69) is 5.32 Å². The van der Waals surface area contributed by atoms with E-state index in [4.69, 9.17) is 9.15 Å². The Morgan fingerprint density at radius 2 is 2.20 bits per heavy atom. The Morgan fingerprint density at radius 3 is 2.92 bits per heavy atom. The first-order chi connectivity index (χ1) is 12.1. The van der Waals surface area contributed by atoms with Crippen LogP contribution in [0.4, 0.5) is 10.1 Å². The molecule has 7 heteroatoms. The van der Waals surface area contributed by atoms with E-state index in [0.717, 1.165) is 6.42 Å². The second-order valence-electron chi connectivity index (χ2n) is 5.94. The standard InChI is InChI=1S/C18H19FN2O4/c1-24-16-9-14(19)4-5-15(16)20-17(22)12-3-2-7-21(10-12)18(23)13-6-8-25-11-13/h4-6,8-9,11-12H,2-3,7,10H2,1H3,(H,20,22)/t12-/m0/s1. The molecule has 1 N–H and O–H groups in total. The van der Waals surface area contributed by atoms with E-state index in [-0.39, 0.29) is 23.5 Å². The topological polar surface area (TPSA) is 71.8 Å². The quantitative estimate of drug-likeness (QED) is 0.924. The SMILES string of the molecule is COc1cc(F)ccc1NC(=O)[C@H]1CCCN(C(=O)c2ccoc2)C1. The molecule has 1 saturated heterocycles. The lowest BCUT2D eigenvalue weighted by Gasteiger charge is -2.31. The first kappa shape index (κ1) is 17.0. The molecule has 2 aromatic rings. The van der Waals surface area contributed by atoms with Crippen molar-refractivity contribution in [2.75, 3.05) is 25.5 Å². The molecule has 6 nitrogen and oxygen atoms in total. The Hall–Kier alpha value is -2.83. The molecule has 132 valence electrons. The van der Waals surface area contributed by atoms with Crippen LogP contribution < -0.4 is 10.1 Å². The van der Waals surface area contributed by atoms with Gasteiger partial charge in [-0.05, 0) is 31.0 Å². The van der Waals surface area contributed by atoms with Crippen molar-refractivity contribution >= 4 is 17.5 Å². The number of piperidine rings is 1. The summed E-state index contributed by atoms with van der Waals surface area (Å²) < 4.78 is 23.3. The fourth-order valence-electron chi connectivity index (χ4n) is 2.95. The summed E-state index contributed by atoms with van der Waals surface area (Å²) in [4.78, 5) is 26.6. The summed E-state index contributed by atoms with van der Waals surface area (Å²) in [6.07, 6.45) is 4.27. The molecule has 1 aromatic carbocycles. The summed E-state index contributed by atoms with van der Waals surface area (Å²) >= 11 is 0. The lowest BCUT2D eigenvalue weighted by atomic mass is 9.96. The van der Waals surface area contributed by atoms with Crippen LogP contribution in [0.2, 0.25) is 0 Å². The van der Waals surface area contributed by atoms with Gasteiger partial charge in [-0.2, -0.15) is 0 Å². The first-order valence-corrected chi connectivity index (χ1v) is 8.04. The van der Waals surface area contributed by atoms with Crippen LogP contribution in [-0.4, -0.2) is 36.9 Å². The predicted molar refractivity (Wildman–Crippen MR) is 88.9 cm³/mol. The molecule has 0 aliphatic carbocycles. The lowest BCUT2D eigenvalue weighted by Crippen LogP contribution is -2.43. The largest absolute Gasteiger partial charge is 0.494 e. The lowest BCUT2D eigenvalue weighted by molar-refractivity contribution is -0.121. The average molecular weight is 346 g/mol. The van der Waals surface area contributed by atoms with E-state index < -0.39 is 5.82 Å². The average Bonchev–Trinajstić information content (AvgIpc) is 3.17. The van der Waals surface area contributed by atoms with Crippen molar-refractivity contribution in [2.45, 2.75) is 12.8 Å². The summed E-state index contributed by atoms with van der Waals surface area (Å²) in [5.74, 6) is -0.875. The van der Waals surface area contributed by atoms with Gasteiger partial charge in [-0.1, -0.05) is 0 Å². The third-order valence-electron chi connectivity index (χ3n) is 4.27. The molecule has 0 spiro atoms. The van der Waals surface area contributed by atoms with Gasteiger partial charge in [0, 0.05) is 19.2 Å². The Labute approximate surface area is 144 Å².